The Morgan fingerprint density at radius 2 is 1.86 bits per heavy atom. The lowest BCUT2D eigenvalue weighted by Gasteiger charge is -2.12. The number of aromatic nitrogens is 3. The Labute approximate surface area is 208 Å². The standard InChI is InChI=1S/C25H31N5O6/c1-4-18(5-2)28-24(34)21-14-27-25(36-21)17-9-7-8-16(12-17)19-13-20(30(29-19)10-11-31)23(33)26-15-22(32)35-6-3/h7-9,12-14,18,31H,4-6,10-11,15H2,1-3H3,(H,26,33)(H,28,34). The zero-order chi connectivity index (χ0) is 26.1. The third-order valence-corrected chi connectivity index (χ3v) is 5.48. The minimum absolute atomic E-state index is 0.0621. The van der Waals surface area contributed by atoms with E-state index in [-0.39, 0.29) is 55.6 Å². The maximum Gasteiger partial charge on any atom is 0.325 e. The number of esters is 1. The van der Waals surface area contributed by atoms with E-state index in [2.05, 4.69) is 20.7 Å². The van der Waals surface area contributed by atoms with Crippen LogP contribution in [0.1, 0.15) is 54.7 Å². The third-order valence-electron chi connectivity index (χ3n) is 5.48. The largest absolute Gasteiger partial charge is 0.465 e. The van der Waals surface area contributed by atoms with Crippen molar-refractivity contribution in [2.75, 3.05) is 19.8 Å². The number of aliphatic hydroxyl groups excluding tert-OH is 1. The first-order chi connectivity index (χ1) is 17.4. The number of carbonyl (C=O) groups excluding carboxylic acids is 3. The van der Waals surface area contributed by atoms with Gasteiger partial charge in [0.25, 0.3) is 11.8 Å². The van der Waals surface area contributed by atoms with E-state index in [0.717, 1.165) is 12.8 Å². The van der Waals surface area contributed by atoms with Crippen molar-refractivity contribution in [3.8, 4) is 22.7 Å². The first-order valence-corrected chi connectivity index (χ1v) is 11.9. The number of carbonyl (C=O) groups is 3. The van der Waals surface area contributed by atoms with Gasteiger partial charge in [-0.15, -0.1) is 0 Å². The van der Waals surface area contributed by atoms with Gasteiger partial charge < -0.3 is 24.9 Å². The van der Waals surface area contributed by atoms with Crippen LogP contribution >= 0.6 is 0 Å². The molecule has 1 aromatic carbocycles. The minimum Gasteiger partial charge on any atom is -0.465 e. The lowest BCUT2D eigenvalue weighted by Crippen LogP contribution is -2.33. The van der Waals surface area contributed by atoms with E-state index in [1.54, 1.807) is 37.3 Å². The van der Waals surface area contributed by atoms with Crippen molar-refractivity contribution >= 4 is 17.8 Å². The molecule has 0 bridgehead atoms. The molecule has 0 saturated heterocycles. The van der Waals surface area contributed by atoms with Gasteiger partial charge in [-0.1, -0.05) is 26.0 Å². The molecule has 2 aromatic heterocycles. The molecule has 3 aromatic rings. The first kappa shape index (κ1) is 26.6. The zero-order valence-corrected chi connectivity index (χ0v) is 20.6. The average Bonchev–Trinajstić information content (AvgIpc) is 3.54. The third kappa shape index (κ3) is 6.57. The highest BCUT2D eigenvalue weighted by molar-refractivity contribution is 5.95. The van der Waals surface area contributed by atoms with Crippen molar-refractivity contribution in [1.29, 1.82) is 0 Å². The van der Waals surface area contributed by atoms with Gasteiger partial charge >= 0.3 is 5.97 Å². The number of ether oxygens (including phenoxy) is 1. The number of nitrogens with zero attached hydrogens (tertiary/aromatic N) is 3. The Balaban J connectivity index is 1.82. The van der Waals surface area contributed by atoms with Crippen LogP contribution in [0.3, 0.4) is 0 Å². The predicted octanol–water partition coefficient (Wildman–Crippen LogP) is 2.41. The van der Waals surface area contributed by atoms with Crippen LogP contribution in [0.25, 0.3) is 22.7 Å². The van der Waals surface area contributed by atoms with E-state index < -0.39 is 11.9 Å². The van der Waals surface area contributed by atoms with Crippen molar-refractivity contribution in [3.63, 3.8) is 0 Å². The molecule has 0 aliphatic heterocycles. The molecule has 0 radical (unpaired) electrons. The fourth-order valence-electron chi connectivity index (χ4n) is 3.53. The molecule has 0 aliphatic rings. The Bertz CT molecular complexity index is 1200. The minimum atomic E-state index is -0.550. The fraction of sp³-hybridized carbons (Fsp3) is 0.400. The molecule has 2 heterocycles. The topological polar surface area (TPSA) is 149 Å². The molecular formula is C25H31N5O6. The van der Waals surface area contributed by atoms with Gasteiger partial charge in [-0.3, -0.25) is 19.1 Å². The quantitative estimate of drug-likeness (QED) is 0.323. The van der Waals surface area contributed by atoms with Crippen LogP contribution in [0, 0.1) is 0 Å². The summed E-state index contributed by atoms with van der Waals surface area (Å²) in [6.07, 6.45) is 3.02. The van der Waals surface area contributed by atoms with E-state index in [4.69, 9.17) is 9.15 Å². The van der Waals surface area contributed by atoms with Gasteiger partial charge in [0.05, 0.1) is 31.6 Å². The highest BCUT2D eigenvalue weighted by Crippen LogP contribution is 2.26. The molecule has 0 fully saturated rings. The molecule has 36 heavy (non-hydrogen) atoms. The predicted molar refractivity (Wildman–Crippen MR) is 131 cm³/mol. The van der Waals surface area contributed by atoms with Crippen LogP contribution in [0.15, 0.2) is 40.9 Å². The van der Waals surface area contributed by atoms with Gasteiger partial charge in [-0.25, -0.2) is 4.98 Å². The fourth-order valence-corrected chi connectivity index (χ4v) is 3.53. The van der Waals surface area contributed by atoms with E-state index >= 15 is 0 Å². The molecule has 11 heteroatoms. The van der Waals surface area contributed by atoms with Gasteiger partial charge in [0.1, 0.15) is 12.2 Å². The number of aliphatic hydroxyl groups is 1. The zero-order valence-electron chi connectivity index (χ0n) is 20.6. The highest BCUT2D eigenvalue weighted by atomic mass is 16.5. The molecule has 0 saturated carbocycles. The second-order valence-corrected chi connectivity index (χ2v) is 7.95. The van der Waals surface area contributed by atoms with Gasteiger partial charge in [-0.2, -0.15) is 5.10 Å². The Morgan fingerprint density at radius 1 is 1.11 bits per heavy atom. The van der Waals surface area contributed by atoms with Crippen LogP contribution in [0.4, 0.5) is 0 Å². The van der Waals surface area contributed by atoms with Crippen molar-refractivity contribution < 1.29 is 28.6 Å². The molecule has 3 rings (SSSR count). The van der Waals surface area contributed by atoms with Crippen LogP contribution in [-0.4, -0.2) is 63.5 Å². The Kier molecular flexibility index (Phi) is 9.34. The molecule has 0 unspecified atom stereocenters. The SMILES string of the molecule is CCOC(=O)CNC(=O)c1cc(-c2cccc(-c3ncc(C(=O)NC(CC)CC)o3)c2)nn1CCO. The molecule has 0 atom stereocenters. The summed E-state index contributed by atoms with van der Waals surface area (Å²) in [5, 5.41) is 19.3. The second-order valence-electron chi connectivity index (χ2n) is 7.95. The summed E-state index contributed by atoms with van der Waals surface area (Å²) in [7, 11) is 0. The van der Waals surface area contributed by atoms with Crippen molar-refractivity contribution in [2.45, 2.75) is 46.2 Å². The molecule has 0 spiro atoms. The van der Waals surface area contributed by atoms with Crippen LogP contribution in [-0.2, 0) is 16.1 Å². The normalized spacial score (nSPS) is 10.9. The summed E-state index contributed by atoms with van der Waals surface area (Å²) < 4.78 is 11.9. The smallest absolute Gasteiger partial charge is 0.325 e. The van der Waals surface area contributed by atoms with Crippen molar-refractivity contribution in [3.05, 3.63) is 48.0 Å². The van der Waals surface area contributed by atoms with Crippen LogP contribution < -0.4 is 10.6 Å². The molecule has 11 nitrogen and oxygen atoms in total. The average molecular weight is 498 g/mol. The lowest BCUT2D eigenvalue weighted by atomic mass is 10.1. The number of hydrogen-bond donors (Lipinski definition) is 3. The van der Waals surface area contributed by atoms with E-state index in [1.165, 1.54) is 10.9 Å². The lowest BCUT2D eigenvalue weighted by molar-refractivity contribution is -0.141. The Morgan fingerprint density at radius 3 is 2.56 bits per heavy atom. The van der Waals surface area contributed by atoms with Gasteiger partial charge in [-0.05, 0) is 38.0 Å². The number of rotatable bonds is 12. The van der Waals surface area contributed by atoms with Crippen LogP contribution in [0.2, 0.25) is 0 Å². The first-order valence-electron chi connectivity index (χ1n) is 11.9. The number of hydrogen-bond acceptors (Lipinski definition) is 8. The van der Waals surface area contributed by atoms with E-state index in [0.29, 0.717) is 16.8 Å². The van der Waals surface area contributed by atoms with Gasteiger partial charge in [0.15, 0.2) is 0 Å². The highest BCUT2D eigenvalue weighted by Gasteiger charge is 2.19. The summed E-state index contributed by atoms with van der Waals surface area (Å²) >= 11 is 0. The van der Waals surface area contributed by atoms with E-state index in [1.807, 2.05) is 13.8 Å². The number of amides is 2. The molecule has 2 amide bonds. The summed E-state index contributed by atoms with van der Waals surface area (Å²) in [6.45, 7) is 5.49. The molecule has 192 valence electrons. The summed E-state index contributed by atoms with van der Waals surface area (Å²) in [6, 6.07) is 8.78. The van der Waals surface area contributed by atoms with Gasteiger partial charge in [0.2, 0.25) is 11.7 Å². The van der Waals surface area contributed by atoms with Crippen LogP contribution in [0.5, 0.6) is 0 Å². The molecular weight excluding hydrogens is 466 g/mol. The maximum absolute atomic E-state index is 12.6. The molecule has 0 aliphatic carbocycles. The number of oxazole rings is 1. The molecule has 3 N–H and O–H groups in total. The van der Waals surface area contributed by atoms with Crippen molar-refractivity contribution in [2.24, 2.45) is 0 Å². The maximum atomic E-state index is 12.6. The Hall–Kier alpha value is -3.99. The second kappa shape index (κ2) is 12.6. The summed E-state index contributed by atoms with van der Waals surface area (Å²) in [5.74, 6) is -0.998. The van der Waals surface area contributed by atoms with E-state index in [9.17, 15) is 19.5 Å². The number of nitrogens with one attached hydrogen (secondary N) is 2. The van der Waals surface area contributed by atoms with Gasteiger partial charge in [0, 0.05) is 17.2 Å². The van der Waals surface area contributed by atoms with Crippen molar-refractivity contribution in [1.82, 2.24) is 25.4 Å². The summed E-state index contributed by atoms with van der Waals surface area (Å²) in [4.78, 5) is 40.9. The number of benzene rings is 1. The summed E-state index contributed by atoms with van der Waals surface area (Å²) in [5.41, 5.74) is 1.96. The monoisotopic (exact) mass is 497 g/mol.